The minimum Gasteiger partial charge on any atom is -0.350 e. The van der Waals surface area contributed by atoms with E-state index in [1.165, 1.54) is 12.2 Å². The highest BCUT2D eigenvalue weighted by Crippen LogP contribution is 2.36. The summed E-state index contributed by atoms with van der Waals surface area (Å²) < 4.78 is 40.3. The van der Waals surface area contributed by atoms with E-state index in [2.05, 4.69) is 15.4 Å². The summed E-state index contributed by atoms with van der Waals surface area (Å²) in [6, 6.07) is 6.78. The Morgan fingerprint density at radius 1 is 1.28 bits per heavy atom. The Labute approximate surface area is 174 Å². The van der Waals surface area contributed by atoms with Crippen LogP contribution in [0.15, 0.2) is 30.3 Å². The number of amides is 1. The van der Waals surface area contributed by atoms with Gasteiger partial charge in [-0.1, -0.05) is 55.0 Å². The fourth-order valence-corrected chi connectivity index (χ4v) is 3.47. The number of aromatic nitrogens is 3. The van der Waals surface area contributed by atoms with Crippen LogP contribution in [-0.2, 0) is 11.0 Å². The van der Waals surface area contributed by atoms with Crippen LogP contribution in [0.1, 0.15) is 31.5 Å². The third-order valence-electron chi connectivity index (χ3n) is 4.37. The fourth-order valence-electron chi connectivity index (χ4n) is 2.47. The third-order valence-corrected chi connectivity index (χ3v) is 5.66. The van der Waals surface area contributed by atoms with Gasteiger partial charge in [-0.2, -0.15) is 13.2 Å². The van der Waals surface area contributed by atoms with Gasteiger partial charge < -0.3 is 5.32 Å². The van der Waals surface area contributed by atoms with E-state index in [0.29, 0.717) is 27.6 Å². The molecular weight excluding hydrogens is 425 g/mol. The molecule has 1 atom stereocenters. The number of rotatable bonds is 5. The molecule has 0 aliphatic heterocycles. The van der Waals surface area contributed by atoms with E-state index >= 15 is 0 Å². The van der Waals surface area contributed by atoms with Crippen LogP contribution in [0.25, 0.3) is 22.3 Å². The van der Waals surface area contributed by atoms with Crippen molar-refractivity contribution in [1.29, 1.82) is 0 Å². The number of carbonyl (C=O) groups is 1. The van der Waals surface area contributed by atoms with E-state index in [-0.39, 0.29) is 28.5 Å². The summed E-state index contributed by atoms with van der Waals surface area (Å²) in [5, 5.41) is 5.83. The second-order valence-electron chi connectivity index (χ2n) is 6.80. The Morgan fingerprint density at radius 3 is 2.59 bits per heavy atom. The Hall–Kier alpha value is -2.39. The molecule has 29 heavy (non-hydrogen) atoms. The van der Waals surface area contributed by atoms with E-state index in [1.807, 2.05) is 20.8 Å². The number of alkyl halides is 3. The lowest BCUT2D eigenvalue weighted by atomic mass is 10.1. The van der Waals surface area contributed by atoms with Gasteiger partial charge in [-0.3, -0.25) is 4.79 Å². The number of hydrogen-bond donors (Lipinski definition) is 1. The largest absolute Gasteiger partial charge is 0.445 e. The summed E-state index contributed by atoms with van der Waals surface area (Å²) in [5.74, 6) is -0.127. The number of imidazole rings is 1. The van der Waals surface area contributed by atoms with Crippen molar-refractivity contribution in [2.24, 2.45) is 5.92 Å². The van der Waals surface area contributed by atoms with Crippen LogP contribution in [0, 0.1) is 5.92 Å². The molecule has 1 amide bonds. The molecular formula is C19H18ClF3N4OS. The van der Waals surface area contributed by atoms with Gasteiger partial charge in [-0.25, -0.2) is 9.50 Å². The predicted octanol–water partition coefficient (Wildman–Crippen LogP) is 5.30. The molecule has 3 rings (SSSR count). The lowest BCUT2D eigenvalue weighted by molar-refractivity contribution is -0.138. The van der Waals surface area contributed by atoms with Crippen molar-refractivity contribution >= 4 is 39.9 Å². The van der Waals surface area contributed by atoms with Gasteiger partial charge in [0, 0.05) is 17.7 Å². The summed E-state index contributed by atoms with van der Waals surface area (Å²) in [7, 11) is 0. The molecule has 10 heteroatoms. The number of benzene rings is 1. The van der Waals surface area contributed by atoms with E-state index in [4.69, 9.17) is 11.6 Å². The van der Waals surface area contributed by atoms with Crippen molar-refractivity contribution in [2.75, 3.05) is 0 Å². The second-order valence-corrected chi connectivity index (χ2v) is 8.16. The highest BCUT2D eigenvalue weighted by Gasteiger charge is 2.36. The van der Waals surface area contributed by atoms with E-state index in [0.717, 1.165) is 4.52 Å². The number of carbonyl (C=O) groups excluding carboxylic acids is 1. The van der Waals surface area contributed by atoms with Crippen LogP contribution in [0.5, 0.6) is 0 Å². The van der Waals surface area contributed by atoms with Crippen molar-refractivity contribution in [3.63, 3.8) is 0 Å². The molecule has 2 heterocycles. The van der Waals surface area contributed by atoms with Crippen molar-refractivity contribution in [3.05, 3.63) is 46.1 Å². The maximum absolute atomic E-state index is 13.1. The normalized spacial score (nSPS) is 13.5. The first-order valence-electron chi connectivity index (χ1n) is 8.78. The molecule has 5 nitrogen and oxygen atoms in total. The molecule has 0 spiro atoms. The minimum atomic E-state index is -4.58. The van der Waals surface area contributed by atoms with Crippen molar-refractivity contribution in [1.82, 2.24) is 19.9 Å². The molecule has 1 N–H and O–H groups in total. The standard InChI is InChI=1S/C19H18ClF3N4OS/c1-10(2)11(3)24-15(28)9-8-14-16(12-6-4-5-7-13(12)20)25-18-27(14)26-17(29-18)19(21,22)23/h4-11H,1-3H3,(H,24,28). The van der Waals surface area contributed by atoms with Gasteiger partial charge in [-0.05, 0) is 25.0 Å². The summed E-state index contributed by atoms with van der Waals surface area (Å²) in [4.78, 5) is 16.6. The first-order chi connectivity index (χ1) is 13.6. The molecule has 154 valence electrons. The first-order valence-corrected chi connectivity index (χ1v) is 9.97. The molecule has 0 aliphatic carbocycles. The van der Waals surface area contributed by atoms with Gasteiger partial charge in [0.2, 0.25) is 15.9 Å². The lowest BCUT2D eigenvalue weighted by Gasteiger charge is -2.15. The number of nitrogens with zero attached hydrogens (tertiary/aromatic N) is 3. The molecule has 2 aromatic heterocycles. The maximum Gasteiger partial charge on any atom is 0.445 e. The number of fused-ring (bicyclic) bond motifs is 1. The molecule has 0 bridgehead atoms. The van der Waals surface area contributed by atoms with Crippen LogP contribution >= 0.6 is 22.9 Å². The summed E-state index contributed by atoms with van der Waals surface area (Å²) in [6.07, 6.45) is -1.92. The molecule has 0 fully saturated rings. The monoisotopic (exact) mass is 442 g/mol. The quantitative estimate of drug-likeness (QED) is 0.545. The van der Waals surface area contributed by atoms with E-state index in [1.54, 1.807) is 24.3 Å². The van der Waals surface area contributed by atoms with Gasteiger partial charge >= 0.3 is 6.18 Å². The van der Waals surface area contributed by atoms with Gasteiger partial charge in [-0.15, -0.1) is 5.10 Å². The predicted molar refractivity (Wildman–Crippen MR) is 108 cm³/mol. The average Bonchev–Trinajstić information content (AvgIpc) is 3.18. The average molecular weight is 443 g/mol. The Kier molecular flexibility index (Phi) is 6.00. The zero-order valence-electron chi connectivity index (χ0n) is 15.8. The van der Waals surface area contributed by atoms with E-state index < -0.39 is 11.2 Å². The molecule has 3 aromatic rings. The van der Waals surface area contributed by atoms with Crippen molar-refractivity contribution < 1.29 is 18.0 Å². The van der Waals surface area contributed by atoms with Gasteiger partial charge in [0.25, 0.3) is 0 Å². The van der Waals surface area contributed by atoms with E-state index in [9.17, 15) is 18.0 Å². The maximum atomic E-state index is 13.1. The van der Waals surface area contributed by atoms with Gasteiger partial charge in [0.15, 0.2) is 0 Å². The molecule has 0 saturated carbocycles. The molecule has 0 saturated heterocycles. The van der Waals surface area contributed by atoms with Crippen molar-refractivity contribution in [3.8, 4) is 11.3 Å². The van der Waals surface area contributed by atoms with Crippen LogP contribution in [-0.4, -0.2) is 26.5 Å². The minimum absolute atomic E-state index is 0.0582. The Balaban J connectivity index is 2.07. The van der Waals surface area contributed by atoms with Crippen LogP contribution < -0.4 is 5.32 Å². The smallest absolute Gasteiger partial charge is 0.350 e. The molecule has 1 unspecified atom stereocenters. The number of halogens is 4. The summed E-state index contributed by atoms with van der Waals surface area (Å²) >= 11 is 6.67. The zero-order valence-corrected chi connectivity index (χ0v) is 17.4. The topological polar surface area (TPSA) is 59.3 Å². The second kappa shape index (κ2) is 8.16. The lowest BCUT2D eigenvalue weighted by Crippen LogP contribution is -2.34. The van der Waals surface area contributed by atoms with Gasteiger partial charge in [0.05, 0.1) is 10.7 Å². The third kappa shape index (κ3) is 4.62. The highest BCUT2D eigenvalue weighted by atomic mass is 35.5. The summed E-state index contributed by atoms with van der Waals surface area (Å²) in [5.41, 5.74) is 1.13. The SMILES string of the molecule is CC(C)C(C)NC(=O)C=Cc1c(-c2ccccc2Cl)nc2sc(C(F)(F)F)nn12. The van der Waals surface area contributed by atoms with Gasteiger partial charge in [0.1, 0.15) is 5.69 Å². The zero-order chi connectivity index (χ0) is 21.3. The van der Waals surface area contributed by atoms with Crippen LogP contribution in [0.3, 0.4) is 0 Å². The molecule has 0 aliphatic rings. The molecule has 0 radical (unpaired) electrons. The number of nitrogens with one attached hydrogen (secondary N) is 1. The Morgan fingerprint density at radius 2 is 1.97 bits per heavy atom. The molecule has 1 aromatic carbocycles. The van der Waals surface area contributed by atoms with Crippen LogP contribution in [0.2, 0.25) is 5.02 Å². The highest BCUT2D eigenvalue weighted by molar-refractivity contribution is 7.16. The first kappa shape index (κ1) is 21.3. The number of hydrogen-bond acceptors (Lipinski definition) is 4. The van der Waals surface area contributed by atoms with Crippen LogP contribution in [0.4, 0.5) is 13.2 Å². The summed E-state index contributed by atoms with van der Waals surface area (Å²) in [6.45, 7) is 5.82. The fraction of sp³-hybridized carbons (Fsp3) is 0.316. The van der Waals surface area contributed by atoms with Crippen molar-refractivity contribution in [2.45, 2.75) is 33.0 Å². The Bertz CT molecular complexity index is 1070.